The molecule has 0 amide bonds. The molecule has 3 aromatic rings. The van der Waals surface area contributed by atoms with Gasteiger partial charge in [-0.2, -0.15) is 0 Å². The van der Waals surface area contributed by atoms with Crippen LogP contribution in [-0.2, 0) is 6.42 Å². The number of halogens is 5. The van der Waals surface area contributed by atoms with Gasteiger partial charge in [0, 0.05) is 5.39 Å². The molecule has 0 spiro atoms. The van der Waals surface area contributed by atoms with Crippen molar-refractivity contribution in [2.45, 2.75) is 13.3 Å². The van der Waals surface area contributed by atoms with Crippen molar-refractivity contribution >= 4 is 10.8 Å². The van der Waals surface area contributed by atoms with Crippen molar-refractivity contribution in [1.82, 2.24) is 0 Å². The van der Waals surface area contributed by atoms with Gasteiger partial charge < -0.3 is 0 Å². The molecule has 5 heteroatoms. The number of benzene rings is 3. The van der Waals surface area contributed by atoms with E-state index >= 15 is 0 Å². The maximum Gasteiger partial charge on any atom is 0.195 e. The van der Waals surface area contributed by atoms with Gasteiger partial charge in [-0.05, 0) is 54.1 Å². The van der Waals surface area contributed by atoms with Gasteiger partial charge in [0.05, 0.1) is 5.56 Å². The molecular formula is C20H13F5. The maximum atomic E-state index is 14.4. The van der Waals surface area contributed by atoms with E-state index in [-0.39, 0.29) is 21.9 Å². The second kappa shape index (κ2) is 6.67. The Kier molecular flexibility index (Phi) is 4.57. The largest absolute Gasteiger partial charge is 0.206 e. The molecule has 0 heterocycles. The van der Waals surface area contributed by atoms with Crippen LogP contribution in [0.4, 0.5) is 22.0 Å². The van der Waals surface area contributed by atoms with E-state index in [4.69, 9.17) is 0 Å². The Labute approximate surface area is 141 Å². The Balaban J connectivity index is 2.15. The molecule has 3 rings (SSSR count). The molecule has 0 atom stereocenters. The maximum absolute atomic E-state index is 14.4. The molecule has 0 aliphatic carbocycles. The normalized spacial score (nSPS) is 11.6. The number of fused-ring (bicyclic) bond motifs is 1. The van der Waals surface area contributed by atoms with Crippen molar-refractivity contribution < 1.29 is 22.0 Å². The van der Waals surface area contributed by atoms with Crippen LogP contribution in [0.15, 0.2) is 48.6 Å². The predicted molar refractivity (Wildman–Crippen MR) is 87.7 cm³/mol. The zero-order chi connectivity index (χ0) is 18.1. The van der Waals surface area contributed by atoms with Gasteiger partial charge in [-0.1, -0.05) is 24.3 Å². The molecule has 128 valence electrons. The third kappa shape index (κ3) is 3.14. The summed E-state index contributed by atoms with van der Waals surface area (Å²) in [6, 6.07) is 6.91. The van der Waals surface area contributed by atoms with E-state index in [1.54, 1.807) is 19.1 Å². The van der Waals surface area contributed by atoms with Crippen LogP contribution in [-0.4, -0.2) is 0 Å². The van der Waals surface area contributed by atoms with Gasteiger partial charge in [0.15, 0.2) is 17.5 Å². The first-order valence-corrected chi connectivity index (χ1v) is 7.59. The van der Waals surface area contributed by atoms with E-state index in [0.717, 1.165) is 6.07 Å². The Hall–Kier alpha value is -2.69. The highest BCUT2D eigenvalue weighted by atomic mass is 19.2. The summed E-state index contributed by atoms with van der Waals surface area (Å²) in [4.78, 5) is 0. The van der Waals surface area contributed by atoms with E-state index in [0.29, 0.717) is 12.0 Å². The van der Waals surface area contributed by atoms with Crippen LogP contribution in [0, 0.1) is 29.1 Å². The smallest absolute Gasteiger partial charge is 0.195 e. The average molecular weight is 348 g/mol. The molecular weight excluding hydrogens is 335 g/mol. The molecule has 0 N–H and O–H groups in total. The number of rotatable bonds is 3. The molecule has 0 saturated heterocycles. The third-order valence-electron chi connectivity index (χ3n) is 3.95. The first kappa shape index (κ1) is 17.1. The van der Waals surface area contributed by atoms with Gasteiger partial charge in [-0.3, -0.25) is 0 Å². The van der Waals surface area contributed by atoms with Gasteiger partial charge in [-0.25, -0.2) is 22.0 Å². The van der Waals surface area contributed by atoms with Crippen molar-refractivity contribution in [1.29, 1.82) is 0 Å². The number of allylic oxidation sites excluding steroid dienone is 2. The lowest BCUT2D eigenvalue weighted by Crippen LogP contribution is -1.96. The van der Waals surface area contributed by atoms with Crippen LogP contribution in [0.3, 0.4) is 0 Å². The molecule has 0 bridgehead atoms. The molecule has 0 unspecified atom stereocenters. The Morgan fingerprint density at radius 3 is 2.12 bits per heavy atom. The minimum Gasteiger partial charge on any atom is -0.206 e. The Morgan fingerprint density at radius 2 is 1.48 bits per heavy atom. The standard InChI is InChI=1S/C20H13F5/c1-2-3-4-11-7-15(21)18(16(22)8-11)12-5-6-14-13(9-12)10-17(23)20(25)19(14)24/h2-3,5-10H,4H2,1H3. The summed E-state index contributed by atoms with van der Waals surface area (Å²) in [6.45, 7) is 1.80. The summed E-state index contributed by atoms with van der Waals surface area (Å²) in [6.07, 6.45) is 3.93. The SMILES string of the molecule is CC=CCc1cc(F)c(-c2ccc3c(F)c(F)c(F)cc3c2)c(F)c1. The second-order valence-corrected chi connectivity index (χ2v) is 5.63. The highest BCUT2D eigenvalue weighted by molar-refractivity contribution is 5.88. The van der Waals surface area contributed by atoms with Crippen molar-refractivity contribution in [3.05, 3.63) is 83.2 Å². The lowest BCUT2D eigenvalue weighted by atomic mass is 9.98. The van der Waals surface area contributed by atoms with Gasteiger partial charge in [0.2, 0.25) is 0 Å². The summed E-state index contributed by atoms with van der Waals surface area (Å²) < 4.78 is 69.2. The highest BCUT2D eigenvalue weighted by Crippen LogP contribution is 2.32. The fraction of sp³-hybridized carbons (Fsp3) is 0.100. The molecule has 0 radical (unpaired) electrons. The van der Waals surface area contributed by atoms with E-state index in [1.807, 2.05) is 0 Å². The van der Waals surface area contributed by atoms with Crippen LogP contribution in [0.1, 0.15) is 12.5 Å². The summed E-state index contributed by atoms with van der Waals surface area (Å²) in [5.41, 5.74) is 0.290. The monoisotopic (exact) mass is 348 g/mol. The van der Waals surface area contributed by atoms with Gasteiger partial charge in [0.25, 0.3) is 0 Å². The fourth-order valence-electron chi connectivity index (χ4n) is 2.73. The molecule has 0 aromatic heterocycles. The summed E-state index contributed by atoms with van der Waals surface area (Å²) >= 11 is 0. The van der Waals surface area contributed by atoms with Gasteiger partial charge in [-0.15, -0.1) is 0 Å². The number of hydrogen-bond acceptors (Lipinski definition) is 0. The summed E-state index contributed by atoms with van der Waals surface area (Å²) in [7, 11) is 0. The zero-order valence-electron chi connectivity index (χ0n) is 13.2. The predicted octanol–water partition coefficient (Wildman–Crippen LogP) is 6.32. The van der Waals surface area contributed by atoms with Crippen LogP contribution in [0.25, 0.3) is 21.9 Å². The molecule has 0 fully saturated rings. The molecule has 0 aliphatic rings. The molecule has 0 nitrogen and oxygen atoms in total. The van der Waals surface area contributed by atoms with Gasteiger partial charge in [0.1, 0.15) is 11.6 Å². The molecule has 25 heavy (non-hydrogen) atoms. The van der Waals surface area contributed by atoms with Crippen molar-refractivity contribution in [3.8, 4) is 11.1 Å². The van der Waals surface area contributed by atoms with Crippen LogP contribution < -0.4 is 0 Å². The van der Waals surface area contributed by atoms with Gasteiger partial charge >= 0.3 is 0 Å². The Morgan fingerprint density at radius 1 is 0.800 bits per heavy atom. The Bertz CT molecular complexity index is 966. The number of hydrogen-bond donors (Lipinski definition) is 0. The lowest BCUT2D eigenvalue weighted by Gasteiger charge is -2.10. The van der Waals surface area contributed by atoms with Crippen LogP contribution in [0.2, 0.25) is 0 Å². The minimum absolute atomic E-state index is 0.0192. The fourth-order valence-corrected chi connectivity index (χ4v) is 2.73. The molecule has 0 saturated carbocycles. The lowest BCUT2D eigenvalue weighted by molar-refractivity contribution is 0.453. The first-order valence-electron chi connectivity index (χ1n) is 7.59. The van der Waals surface area contributed by atoms with E-state index in [9.17, 15) is 22.0 Å². The second-order valence-electron chi connectivity index (χ2n) is 5.63. The minimum atomic E-state index is -1.58. The zero-order valence-corrected chi connectivity index (χ0v) is 13.2. The first-order chi connectivity index (χ1) is 11.9. The summed E-state index contributed by atoms with van der Waals surface area (Å²) in [5.74, 6) is -5.82. The van der Waals surface area contributed by atoms with E-state index < -0.39 is 29.1 Å². The van der Waals surface area contributed by atoms with Crippen molar-refractivity contribution in [3.63, 3.8) is 0 Å². The molecule has 0 aliphatic heterocycles. The average Bonchev–Trinajstić information content (AvgIpc) is 2.57. The van der Waals surface area contributed by atoms with Crippen molar-refractivity contribution in [2.24, 2.45) is 0 Å². The molecule has 3 aromatic carbocycles. The van der Waals surface area contributed by atoms with Crippen LogP contribution in [0.5, 0.6) is 0 Å². The van der Waals surface area contributed by atoms with Crippen molar-refractivity contribution in [2.75, 3.05) is 0 Å². The van der Waals surface area contributed by atoms with E-state index in [1.165, 1.54) is 30.3 Å². The van der Waals surface area contributed by atoms with E-state index in [2.05, 4.69) is 0 Å². The highest BCUT2D eigenvalue weighted by Gasteiger charge is 2.17. The quantitative estimate of drug-likeness (QED) is 0.295. The summed E-state index contributed by atoms with van der Waals surface area (Å²) in [5, 5.41) is -0.140. The third-order valence-corrected chi connectivity index (χ3v) is 3.95. The van der Waals surface area contributed by atoms with Crippen LogP contribution >= 0.6 is 0 Å². The topological polar surface area (TPSA) is 0 Å².